The molecule has 6 rings (SSSR count). The minimum atomic E-state index is -1.46. The van der Waals surface area contributed by atoms with Crippen LogP contribution in [0.2, 0.25) is 0 Å². The fourth-order valence-corrected chi connectivity index (χ4v) is 11.8. The zero-order valence-electron chi connectivity index (χ0n) is 27.1. The van der Waals surface area contributed by atoms with E-state index in [1.54, 1.807) is 12.1 Å². The van der Waals surface area contributed by atoms with Crippen LogP contribution in [-0.4, -0.2) is 26.7 Å². The van der Waals surface area contributed by atoms with Crippen molar-refractivity contribution in [2.75, 3.05) is 20.6 Å². The molecule has 0 aromatic heterocycles. The van der Waals surface area contributed by atoms with E-state index in [4.69, 9.17) is 19.4 Å². The van der Waals surface area contributed by atoms with Gasteiger partial charge in [-0.1, -0.05) is 133 Å². The monoisotopic (exact) mass is 817 g/mol. The van der Waals surface area contributed by atoms with E-state index < -0.39 is 33.1 Å². The Morgan fingerprint density at radius 2 is 1.16 bits per heavy atom. The number of rotatable bonds is 11. The number of hydrogen-bond donors (Lipinski definition) is 2. The predicted octanol–water partition coefficient (Wildman–Crippen LogP) is 8.09. The summed E-state index contributed by atoms with van der Waals surface area (Å²) in [5.41, 5.74) is -0.234. The van der Waals surface area contributed by atoms with E-state index in [0.29, 0.717) is 12.1 Å². The van der Waals surface area contributed by atoms with Crippen molar-refractivity contribution in [3.63, 3.8) is 0 Å². The van der Waals surface area contributed by atoms with E-state index in [9.17, 15) is 0 Å². The summed E-state index contributed by atoms with van der Waals surface area (Å²) in [6.07, 6.45) is 5.35. The van der Waals surface area contributed by atoms with Crippen LogP contribution in [0.15, 0.2) is 164 Å². The molecule has 2 unspecified atom stereocenters. The molecule has 0 aliphatic heterocycles. The van der Waals surface area contributed by atoms with Crippen molar-refractivity contribution >= 4 is 61.7 Å². The molecule has 2 atom stereocenters. The molecule has 1 aliphatic carbocycles. The molecule has 1 aliphatic rings. The normalized spacial score (nSPS) is 16.3. The van der Waals surface area contributed by atoms with Crippen LogP contribution < -0.4 is 37.2 Å². The zero-order chi connectivity index (χ0) is 34.6. The predicted molar refractivity (Wildman–Crippen MR) is 206 cm³/mol. The van der Waals surface area contributed by atoms with Crippen LogP contribution >= 0.6 is 35.2 Å². The summed E-state index contributed by atoms with van der Waals surface area (Å²) in [4.78, 5) is 0. The SMILES string of the molecule is CNCC(NC)C1(c2c(F)cccc2P(c2ccccc2)c2ccccc2)C(F)=CC=C[C-]1P(c1ccccc1)c1ccccc1.[Cl][Ru][Cl]. The standard InChI is InChI=1S/C40H37F2N2P2.2ClH.Ru/c1-43-29-37(44-2)40(36(42)27-16-28-38(40)46(32-21-11-5-12-22-32)33-23-13-6-14-24-33)39-34(41)25-15-26-35(39)45(30-17-7-3-8-18-30)31-19-9-4-10-20-31;;;/h3-28,37,43-44H,29H2,1-2H3;2*1H;/q-1;;;+2/p-2. The van der Waals surface area contributed by atoms with E-state index in [1.165, 1.54) is 12.1 Å². The third kappa shape index (κ3) is 8.11. The summed E-state index contributed by atoms with van der Waals surface area (Å²) >= 11 is -0.346. The quantitative estimate of drug-likeness (QED) is 0.0801. The van der Waals surface area contributed by atoms with Gasteiger partial charge in [0.1, 0.15) is 5.82 Å². The molecule has 49 heavy (non-hydrogen) atoms. The van der Waals surface area contributed by atoms with Crippen LogP contribution in [0.4, 0.5) is 8.78 Å². The molecular formula is C40H37Cl2F2N2P2Ru-. The average molecular weight is 818 g/mol. The molecule has 2 nitrogen and oxygen atoms in total. The summed E-state index contributed by atoms with van der Waals surface area (Å²) in [7, 11) is 10.9. The first-order chi connectivity index (χ1) is 24.0. The van der Waals surface area contributed by atoms with E-state index in [0.717, 1.165) is 32.2 Å². The molecule has 5 aromatic rings. The molecule has 0 radical (unpaired) electrons. The van der Waals surface area contributed by atoms with E-state index in [2.05, 4.69) is 59.2 Å². The molecule has 0 saturated heterocycles. The molecule has 0 amide bonds. The van der Waals surface area contributed by atoms with Gasteiger partial charge < -0.3 is 10.6 Å². The molecule has 0 bridgehead atoms. The van der Waals surface area contributed by atoms with Crippen molar-refractivity contribution in [1.29, 1.82) is 0 Å². The number of allylic oxidation sites excluding steroid dienone is 3. The Labute approximate surface area is 307 Å². The van der Waals surface area contributed by atoms with Crippen LogP contribution in [0.1, 0.15) is 5.56 Å². The second-order valence-electron chi connectivity index (χ2n) is 11.2. The number of nitrogens with one attached hydrogen (secondary N) is 2. The van der Waals surface area contributed by atoms with Crippen molar-refractivity contribution in [3.05, 3.63) is 181 Å². The fraction of sp³-hybridized carbons (Fsp3) is 0.125. The molecule has 5 aromatic carbocycles. The molecule has 0 fully saturated rings. The number of hydrogen-bond acceptors (Lipinski definition) is 2. The Morgan fingerprint density at radius 3 is 1.61 bits per heavy atom. The van der Waals surface area contributed by atoms with Crippen molar-refractivity contribution in [2.24, 2.45) is 0 Å². The van der Waals surface area contributed by atoms with Crippen molar-refractivity contribution in [1.82, 2.24) is 10.6 Å². The first-order valence-corrected chi connectivity index (χ1v) is 22.9. The van der Waals surface area contributed by atoms with Gasteiger partial charge in [-0.05, 0) is 60.2 Å². The van der Waals surface area contributed by atoms with Crippen LogP contribution in [0.5, 0.6) is 0 Å². The Kier molecular flexibility index (Phi) is 14.2. The second-order valence-corrected chi connectivity index (χ2v) is 18.2. The van der Waals surface area contributed by atoms with Gasteiger partial charge in [-0.25, -0.2) is 20.9 Å². The van der Waals surface area contributed by atoms with Gasteiger partial charge >= 0.3 is 34.5 Å². The topological polar surface area (TPSA) is 24.1 Å². The minimum absolute atomic E-state index is 0.346. The Hall–Kier alpha value is -2.71. The Morgan fingerprint density at radius 1 is 0.694 bits per heavy atom. The number of likely N-dealkylation sites (N-methyl/N-ethyl adjacent to an activating group) is 2. The average Bonchev–Trinajstić information content (AvgIpc) is 3.14. The van der Waals surface area contributed by atoms with Gasteiger partial charge in [0.05, 0.1) is 5.83 Å². The summed E-state index contributed by atoms with van der Waals surface area (Å²) in [6.45, 7) is 0.407. The second kappa shape index (κ2) is 18.5. The van der Waals surface area contributed by atoms with E-state index in [-0.39, 0.29) is 21.0 Å². The summed E-state index contributed by atoms with van der Waals surface area (Å²) < 4.78 is 34.8. The molecule has 0 saturated carbocycles. The maximum absolute atomic E-state index is 17.6. The van der Waals surface area contributed by atoms with Gasteiger partial charge in [0.25, 0.3) is 0 Å². The van der Waals surface area contributed by atoms with Gasteiger partial charge in [0.2, 0.25) is 0 Å². The van der Waals surface area contributed by atoms with Crippen molar-refractivity contribution in [3.8, 4) is 0 Å². The van der Waals surface area contributed by atoms with E-state index >= 15 is 8.78 Å². The third-order valence-electron chi connectivity index (χ3n) is 8.48. The fourth-order valence-electron chi connectivity index (χ4n) is 6.55. The summed E-state index contributed by atoms with van der Waals surface area (Å²) in [6, 6.07) is 45.7. The van der Waals surface area contributed by atoms with E-state index in [1.807, 2.05) is 99.0 Å². The number of benzene rings is 5. The van der Waals surface area contributed by atoms with Crippen LogP contribution in [-0.2, 0) is 20.6 Å². The number of halogens is 4. The van der Waals surface area contributed by atoms with Gasteiger partial charge in [0, 0.05) is 18.0 Å². The summed E-state index contributed by atoms with van der Waals surface area (Å²) in [5.74, 6) is -0.790. The third-order valence-corrected chi connectivity index (χ3v) is 13.6. The van der Waals surface area contributed by atoms with Crippen LogP contribution in [0.25, 0.3) is 0 Å². The molecule has 9 heteroatoms. The van der Waals surface area contributed by atoms with Crippen molar-refractivity contribution < 1.29 is 23.9 Å². The molecule has 2 N–H and O–H groups in total. The first-order valence-electron chi connectivity index (χ1n) is 15.7. The van der Waals surface area contributed by atoms with Crippen molar-refractivity contribution in [2.45, 2.75) is 11.5 Å². The molecule has 254 valence electrons. The molecule has 0 heterocycles. The van der Waals surface area contributed by atoms with Gasteiger partial charge in [-0.3, -0.25) is 0 Å². The molecule has 0 spiro atoms. The zero-order valence-corrected chi connectivity index (χ0v) is 32.1. The maximum atomic E-state index is 17.6. The molecular weight excluding hydrogens is 780 g/mol. The van der Waals surface area contributed by atoms with Crippen LogP contribution in [0.3, 0.4) is 0 Å². The van der Waals surface area contributed by atoms with Gasteiger partial charge in [0.15, 0.2) is 0 Å². The van der Waals surface area contributed by atoms with Crippen LogP contribution in [0, 0.1) is 11.5 Å². The van der Waals surface area contributed by atoms with Gasteiger partial charge in [-0.15, -0.1) is 14.0 Å². The Balaban J connectivity index is 0.00000151. The first kappa shape index (κ1) is 37.5. The summed E-state index contributed by atoms with van der Waals surface area (Å²) in [5, 5.41) is 11.9. The Bertz CT molecular complexity index is 1740. The van der Waals surface area contributed by atoms with Gasteiger partial charge in [-0.2, -0.15) is 5.66 Å².